The lowest BCUT2D eigenvalue weighted by atomic mass is 10.1. The maximum absolute atomic E-state index is 9.32. The number of aliphatic hydroxyl groups is 1. The van der Waals surface area contributed by atoms with Crippen molar-refractivity contribution in [1.82, 2.24) is 9.97 Å². The van der Waals surface area contributed by atoms with Crippen molar-refractivity contribution in [3.63, 3.8) is 0 Å². The third-order valence-electron chi connectivity index (χ3n) is 4.21. The number of benzene rings is 2. The highest BCUT2D eigenvalue weighted by molar-refractivity contribution is 6.30. The fraction of sp³-hybridized carbons (Fsp3) is 0.100. The van der Waals surface area contributed by atoms with E-state index in [0.29, 0.717) is 16.6 Å². The topological polar surface area (TPSA) is 71.2 Å². The Morgan fingerprint density at radius 2 is 1.92 bits per heavy atom. The molecule has 0 fully saturated rings. The first kappa shape index (κ1) is 16.6. The zero-order valence-corrected chi connectivity index (χ0v) is 14.8. The minimum absolute atomic E-state index is 0.0137. The summed E-state index contributed by atoms with van der Waals surface area (Å²) >= 11 is 5.98. The molecular weight excluding hydrogens is 350 g/mol. The Hall–Kier alpha value is -2.89. The smallest absolute Gasteiger partial charge is 0.232 e. The van der Waals surface area contributed by atoms with Crippen molar-refractivity contribution in [3.8, 4) is 11.3 Å². The molecule has 0 amide bonds. The van der Waals surface area contributed by atoms with Crippen LogP contribution in [0, 0.1) is 6.92 Å². The maximum Gasteiger partial charge on any atom is 0.232 e. The van der Waals surface area contributed by atoms with Crippen molar-refractivity contribution in [2.75, 3.05) is 5.32 Å². The summed E-state index contributed by atoms with van der Waals surface area (Å²) in [7, 11) is 0. The van der Waals surface area contributed by atoms with Crippen molar-refractivity contribution >= 4 is 34.2 Å². The van der Waals surface area contributed by atoms with Gasteiger partial charge < -0.3 is 14.8 Å². The fourth-order valence-electron chi connectivity index (χ4n) is 2.93. The lowest BCUT2D eigenvalue weighted by Gasteiger charge is -2.07. The molecule has 0 bridgehead atoms. The van der Waals surface area contributed by atoms with Crippen LogP contribution in [-0.2, 0) is 6.61 Å². The Morgan fingerprint density at radius 3 is 2.69 bits per heavy atom. The summed E-state index contributed by atoms with van der Waals surface area (Å²) in [5.74, 6) is 1.40. The Balaban J connectivity index is 1.80. The van der Waals surface area contributed by atoms with E-state index in [4.69, 9.17) is 16.0 Å². The predicted octanol–water partition coefficient (Wildman–Crippen LogP) is 5.09. The Morgan fingerprint density at radius 1 is 1.12 bits per heavy atom. The molecular formula is C20H16ClN3O2. The van der Waals surface area contributed by atoms with Crippen LogP contribution < -0.4 is 5.32 Å². The number of halogens is 1. The highest BCUT2D eigenvalue weighted by Crippen LogP contribution is 2.36. The molecule has 0 aliphatic heterocycles. The van der Waals surface area contributed by atoms with Crippen molar-refractivity contribution in [2.24, 2.45) is 0 Å². The van der Waals surface area contributed by atoms with Crippen LogP contribution in [0.1, 0.15) is 11.1 Å². The zero-order chi connectivity index (χ0) is 18.1. The second-order valence-electron chi connectivity index (χ2n) is 5.95. The van der Waals surface area contributed by atoms with Crippen LogP contribution in [0.4, 0.5) is 11.5 Å². The summed E-state index contributed by atoms with van der Waals surface area (Å²) in [6.45, 7) is 1.97. The van der Waals surface area contributed by atoms with E-state index in [1.807, 2.05) is 55.5 Å². The molecule has 0 radical (unpaired) electrons. The molecule has 6 heteroatoms. The largest absolute Gasteiger partial charge is 0.437 e. The number of hydrogen-bond donors (Lipinski definition) is 2. The van der Waals surface area contributed by atoms with E-state index in [0.717, 1.165) is 33.5 Å². The predicted molar refractivity (Wildman–Crippen MR) is 103 cm³/mol. The van der Waals surface area contributed by atoms with E-state index in [-0.39, 0.29) is 6.61 Å². The molecule has 4 rings (SSSR count). The van der Waals surface area contributed by atoms with Gasteiger partial charge in [-0.25, -0.2) is 9.97 Å². The van der Waals surface area contributed by atoms with Gasteiger partial charge in [0.2, 0.25) is 5.71 Å². The molecule has 2 N–H and O–H groups in total. The van der Waals surface area contributed by atoms with Crippen molar-refractivity contribution in [3.05, 3.63) is 71.0 Å². The molecule has 4 aromatic rings. The summed E-state index contributed by atoms with van der Waals surface area (Å²) in [5.41, 5.74) is 4.06. The zero-order valence-electron chi connectivity index (χ0n) is 14.0. The van der Waals surface area contributed by atoms with Gasteiger partial charge in [-0.2, -0.15) is 0 Å². The summed E-state index contributed by atoms with van der Waals surface area (Å²) in [6, 6.07) is 15.0. The van der Waals surface area contributed by atoms with Gasteiger partial charge in [-0.1, -0.05) is 23.7 Å². The van der Waals surface area contributed by atoms with Gasteiger partial charge in [-0.3, -0.25) is 0 Å². The van der Waals surface area contributed by atoms with Gasteiger partial charge in [0.1, 0.15) is 17.9 Å². The van der Waals surface area contributed by atoms with Crippen LogP contribution in [0.3, 0.4) is 0 Å². The van der Waals surface area contributed by atoms with Gasteiger partial charge in [-0.05, 0) is 48.9 Å². The first-order valence-electron chi connectivity index (χ1n) is 8.12. The van der Waals surface area contributed by atoms with Crippen LogP contribution >= 0.6 is 11.6 Å². The highest BCUT2D eigenvalue weighted by atomic mass is 35.5. The van der Waals surface area contributed by atoms with Crippen LogP contribution in [0.25, 0.3) is 22.4 Å². The summed E-state index contributed by atoms with van der Waals surface area (Å²) in [5, 5.41) is 14.1. The molecule has 0 unspecified atom stereocenters. The second-order valence-corrected chi connectivity index (χ2v) is 6.39. The monoisotopic (exact) mass is 365 g/mol. The second kappa shape index (κ2) is 6.78. The molecule has 130 valence electrons. The molecule has 2 aromatic carbocycles. The lowest BCUT2D eigenvalue weighted by molar-refractivity contribution is 0.282. The van der Waals surface area contributed by atoms with Gasteiger partial charge in [-0.15, -0.1) is 0 Å². The van der Waals surface area contributed by atoms with Crippen LogP contribution in [0.5, 0.6) is 0 Å². The highest BCUT2D eigenvalue weighted by Gasteiger charge is 2.17. The Bertz CT molecular complexity index is 1070. The molecule has 2 aromatic heterocycles. The van der Waals surface area contributed by atoms with Crippen molar-refractivity contribution < 1.29 is 9.52 Å². The van der Waals surface area contributed by atoms with Gasteiger partial charge in [0.15, 0.2) is 0 Å². The normalized spacial score (nSPS) is 11.0. The molecule has 2 heterocycles. The molecule has 0 saturated heterocycles. The average molecular weight is 366 g/mol. The van der Waals surface area contributed by atoms with Gasteiger partial charge in [0.05, 0.1) is 12.0 Å². The number of nitrogens with zero attached hydrogens (tertiary/aromatic N) is 2. The Labute approximate surface area is 155 Å². The number of aliphatic hydroxyl groups excluding tert-OH is 1. The molecule has 0 atom stereocenters. The molecule has 0 aliphatic rings. The van der Waals surface area contributed by atoms with Gasteiger partial charge in [0, 0.05) is 21.8 Å². The van der Waals surface area contributed by atoms with E-state index < -0.39 is 0 Å². The fourth-order valence-corrected chi connectivity index (χ4v) is 3.05. The molecule has 0 aliphatic carbocycles. The van der Waals surface area contributed by atoms with Crippen molar-refractivity contribution in [1.29, 1.82) is 0 Å². The Kier molecular flexibility index (Phi) is 4.32. The molecule has 26 heavy (non-hydrogen) atoms. The van der Waals surface area contributed by atoms with E-state index in [2.05, 4.69) is 15.3 Å². The number of nitrogens with one attached hydrogen (secondary N) is 1. The molecule has 0 spiro atoms. The van der Waals surface area contributed by atoms with E-state index in [1.54, 1.807) is 0 Å². The number of rotatable bonds is 4. The SMILES string of the molecule is Cc1c(-c2ccc(Cl)cc2)oc2ncnc(Nc3cccc(CO)c3)c12. The minimum Gasteiger partial charge on any atom is -0.437 e. The molecule has 5 nitrogen and oxygen atoms in total. The maximum atomic E-state index is 9.32. The number of aryl methyl sites for hydroxylation is 1. The van der Waals surface area contributed by atoms with Crippen LogP contribution in [0.15, 0.2) is 59.3 Å². The number of hydrogen-bond acceptors (Lipinski definition) is 5. The first-order valence-corrected chi connectivity index (χ1v) is 8.50. The number of aromatic nitrogens is 2. The summed E-state index contributed by atoms with van der Waals surface area (Å²) < 4.78 is 5.97. The first-order chi connectivity index (χ1) is 12.7. The number of fused-ring (bicyclic) bond motifs is 1. The molecule has 0 saturated carbocycles. The summed E-state index contributed by atoms with van der Waals surface area (Å²) in [6.07, 6.45) is 1.47. The van der Waals surface area contributed by atoms with E-state index in [1.165, 1.54) is 6.33 Å². The number of anilines is 2. The quantitative estimate of drug-likeness (QED) is 0.527. The standard InChI is InChI=1S/C20H16ClN3O2/c1-12-17-19(24-16-4-2-3-13(9-16)10-25)22-11-23-20(17)26-18(12)14-5-7-15(21)8-6-14/h2-9,11,25H,10H2,1H3,(H,22,23,24). The van der Waals surface area contributed by atoms with Crippen LogP contribution in [-0.4, -0.2) is 15.1 Å². The van der Waals surface area contributed by atoms with Crippen molar-refractivity contribution in [2.45, 2.75) is 13.5 Å². The lowest BCUT2D eigenvalue weighted by Crippen LogP contribution is -1.96. The third kappa shape index (κ3) is 3.03. The van der Waals surface area contributed by atoms with E-state index in [9.17, 15) is 5.11 Å². The van der Waals surface area contributed by atoms with Crippen LogP contribution in [0.2, 0.25) is 5.02 Å². The minimum atomic E-state index is -0.0137. The average Bonchev–Trinajstić information content (AvgIpc) is 3.00. The summed E-state index contributed by atoms with van der Waals surface area (Å²) in [4.78, 5) is 8.63. The van der Waals surface area contributed by atoms with Gasteiger partial charge in [0.25, 0.3) is 0 Å². The van der Waals surface area contributed by atoms with E-state index >= 15 is 0 Å². The van der Waals surface area contributed by atoms with Gasteiger partial charge >= 0.3 is 0 Å². The number of furan rings is 1. The third-order valence-corrected chi connectivity index (χ3v) is 4.46.